The Labute approximate surface area is 105 Å². The molecule has 1 radical (unpaired) electrons. The summed E-state index contributed by atoms with van der Waals surface area (Å²) in [6.45, 7) is 0. The minimum absolute atomic E-state index is 0. The Kier molecular flexibility index (Phi) is 4.26. The zero-order chi connectivity index (χ0) is 10.7. The predicted molar refractivity (Wildman–Crippen MR) is 55.2 cm³/mol. The van der Waals surface area contributed by atoms with Crippen molar-refractivity contribution in [3.63, 3.8) is 0 Å². The Balaban J connectivity index is 0.00000128. The van der Waals surface area contributed by atoms with Crippen molar-refractivity contribution in [2.45, 2.75) is 0 Å². The number of non-ortho nitro benzene ring substituents is 1. The molecule has 0 spiro atoms. The minimum atomic E-state index is -0.430. The van der Waals surface area contributed by atoms with Crippen molar-refractivity contribution in [1.82, 2.24) is 4.98 Å². The van der Waals surface area contributed by atoms with Gasteiger partial charge < -0.3 is 4.98 Å². The van der Waals surface area contributed by atoms with Crippen molar-refractivity contribution in [2.75, 3.05) is 0 Å². The summed E-state index contributed by atoms with van der Waals surface area (Å²) in [6, 6.07) is 12.7. The second kappa shape index (κ2) is 5.47. The smallest absolute Gasteiger partial charge is 0.192 e. The van der Waals surface area contributed by atoms with Crippen LogP contribution in [-0.2, 0) is 19.5 Å². The molecule has 83 valence electrons. The first kappa shape index (κ1) is 12.5. The fourth-order valence-electron chi connectivity index (χ4n) is 1.24. The van der Waals surface area contributed by atoms with E-state index in [0.717, 1.165) is 0 Å². The van der Waals surface area contributed by atoms with Crippen LogP contribution in [-0.4, -0.2) is 9.91 Å². The summed E-state index contributed by atoms with van der Waals surface area (Å²) in [5, 5.41) is 10.6. The number of benzene rings is 1. The number of nitro benzene ring substituents is 1. The van der Waals surface area contributed by atoms with Gasteiger partial charge in [-0.1, -0.05) is 24.3 Å². The molecule has 0 aliphatic heterocycles. The molecule has 1 heterocycles. The quantitative estimate of drug-likeness (QED) is 0.370. The number of hydrogen-bond acceptors (Lipinski definition) is 3. The Hall–Kier alpha value is -1.61. The average Bonchev–Trinajstić information content (AvgIpc) is 2.30. The van der Waals surface area contributed by atoms with E-state index in [1.54, 1.807) is 18.3 Å². The van der Waals surface area contributed by atoms with E-state index in [1.165, 1.54) is 18.2 Å². The second-order valence-electron chi connectivity index (χ2n) is 2.93. The van der Waals surface area contributed by atoms with E-state index in [1.807, 2.05) is 6.07 Å². The number of nitro groups is 1. The number of rotatable bonds is 2. The molecule has 4 nitrogen and oxygen atoms in total. The number of nitrogens with zero attached hydrogens (tertiary/aromatic N) is 2. The SMILES string of the molecule is O=[N+]([O-])c1cc[c-]c(-c2ccccn2)c1.[Rh]. The van der Waals surface area contributed by atoms with Crippen LogP contribution in [0.4, 0.5) is 5.69 Å². The van der Waals surface area contributed by atoms with Gasteiger partial charge in [0.15, 0.2) is 5.69 Å². The van der Waals surface area contributed by atoms with Gasteiger partial charge in [0.1, 0.15) is 0 Å². The predicted octanol–water partition coefficient (Wildman–Crippen LogP) is 2.45. The summed E-state index contributed by atoms with van der Waals surface area (Å²) in [5.74, 6) is 0. The number of aromatic nitrogens is 1. The van der Waals surface area contributed by atoms with Gasteiger partial charge in [-0.15, -0.1) is 17.7 Å². The molecule has 1 aromatic carbocycles. The molecule has 0 fully saturated rings. The normalized spacial score (nSPS) is 9.25. The molecule has 0 saturated carbocycles. The van der Waals surface area contributed by atoms with Crippen molar-refractivity contribution in [2.24, 2.45) is 0 Å². The first-order chi connectivity index (χ1) is 7.27. The fourth-order valence-corrected chi connectivity index (χ4v) is 1.24. The van der Waals surface area contributed by atoms with Crippen LogP contribution < -0.4 is 0 Å². The maximum Gasteiger partial charge on any atom is 0.192 e. The maximum atomic E-state index is 10.6. The molecule has 16 heavy (non-hydrogen) atoms. The zero-order valence-electron chi connectivity index (χ0n) is 8.09. The zero-order valence-corrected chi connectivity index (χ0v) is 9.72. The summed E-state index contributed by atoms with van der Waals surface area (Å²) < 4.78 is 0. The van der Waals surface area contributed by atoms with E-state index in [4.69, 9.17) is 0 Å². The molecule has 2 rings (SSSR count). The van der Waals surface area contributed by atoms with Gasteiger partial charge in [-0.05, 0) is 11.8 Å². The summed E-state index contributed by atoms with van der Waals surface area (Å²) in [6.07, 6.45) is 1.64. The van der Waals surface area contributed by atoms with Gasteiger partial charge in [0, 0.05) is 30.6 Å². The molecule has 0 bridgehead atoms. The van der Waals surface area contributed by atoms with E-state index in [9.17, 15) is 10.1 Å². The van der Waals surface area contributed by atoms with E-state index in [2.05, 4.69) is 11.1 Å². The molecular weight excluding hydrogens is 295 g/mol. The molecule has 0 aliphatic carbocycles. The van der Waals surface area contributed by atoms with Crippen LogP contribution in [0.15, 0.2) is 42.6 Å². The molecule has 0 aliphatic rings. The van der Waals surface area contributed by atoms with E-state index >= 15 is 0 Å². The molecule has 0 saturated heterocycles. The number of pyridine rings is 1. The van der Waals surface area contributed by atoms with E-state index in [0.29, 0.717) is 11.3 Å². The van der Waals surface area contributed by atoms with Crippen LogP contribution >= 0.6 is 0 Å². The van der Waals surface area contributed by atoms with Crippen molar-refractivity contribution >= 4 is 5.69 Å². The van der Waals surface area contributed by atoms with Gasteiger partial charge in [-0.25, -0.2) is 0 Å². The third kappa shape index (κ3) is 2.70. The minimum Gasteiger partial charge on any atom is -0.305 e. The molecule has 5 heteroatoms. The third-order valence-corrected chi connectivity index (χ3v) is 1.94. The summed E-state index contributed by atoms with van der Waals surface area (Å²) in [7, 11) is 0. The van der Waals surface area contributed by atoms with Crippen molar-refractivity contribution < 1.29 is 24.4 Å². The standard InChI is InChI=1S/C11H7N2O2.Rh/c14-13(15)10-5-3-4-9(8-10)11-6-1-2-7-12-11;/h1-3,5-8H;/q-1;. The Morgan fingerprint density at radius 3 is 2.75 bits per heavy atom. The van der Waals surface area contributed by atoms with Crippen LogP contribution in [0.3, 0.4) is 0 Å². The molecule has 1 aromatic heterocycles. The van der Waals surface area contributed by atoms with Gasteiger partial charge in [0.2, 0.25) is 0 Å². The van der Waals surface area contributed by atoms with Gasteiger partial charge in [0.05, 0.1) is 0 Å². The average molecular weight is 302 g/mol. The van der Waals surface area contributed by atoms with Crippen molar-refractivity contribution in [3.8, 4) is 11.3 Å². The largest absolute Gasteiger partial charge is 0.305 e. The van der Waals surface area contributed by atoms with Crippen LogP contribution in [0.25, 0.3) is 11.3 Å². The van der Waals surface area contributed by atoms with Crippen LogP contribution in [0.2, 0.25) is 0 Å². The van der Waals surface area contributed by atoms with Gasteiger partial charge in [-0.2, -0.15) is 0 Å². The van der Waals surface area contributed by atoms with Crippen LogP contribution in [0, 0.1) is 16.2 Å². The first-order valence-corrected chi connectivity index (χ1v) is 4.35. The van der Waals surface area contributed by atoms with E-state index in [-0.39, 0.29) is 25.2 Å². The molecule has 0 N–H and O–H groups in total. The molecular formula is C11H7N2O2Rh-. The Bertz CT molecular complexity index is 488. The first-order valence-electron chi connectivity index (χ1n) is 4.35. The van der Waals surface area contributed by atoms with Crippen LogP contribution in [0.5, 0.6) is 0 Å². The molecule has 2 aromatic rings. The third-order valence-electron chi connectivity index (χ3n) is 1.94. The fraction of sp³-hybridized carbons (Fsp3) is 0. The Morgan fingerprint density at radius 1 is 1.31 bits per heavy atom. The summed E-state index contributed by atoms with van der Waals surface area (Å²) in [5.41, 5.74) is 1.36. The van der Waals surface area contributed by atoms with Crippen LogP contribution in [0.1, 0.15) is 0 Å². The van der Waals surface area contributed by atoms with Crippen molar-refractivity contribution in [3.05, 3.63) is 58.8 Å². The monoisotopic (exact) mass is 302 g/mol. The van der Waals surface area contributed by atoms with Gasteiger partial charge >= 0.3 is 0 Å². The molecule has 0 amide bonds. The van der Waals surface area contributed by atoms with Gasteiger partial charge in [0.25, 0.3) is 0 Å². The number of hydrogen-bond donors (Lipinski definition) is 0. The second-order valence-corrected chi connectivity index (χ2v) is 2.93. The van der Waals surface area contributed by atoms with Gasteiger partial charge in [-0.3, -0.25) is 10.1 Å². The Morgan fingerprint density at radius 2 is 2.12 bits per heavy atom. The summed E-state index contributed by atoms with van der Waals surface area (Å²) >= 11 is 0. The van der Waals surface area contributed by atoms with E-state index < -0.39 is 4.92 Å². The topological polar surface area (TPSA) is 56.0 Å². The van der Waals surface area contributed by atoms with Crippen molar-refractivity contribution in [1.29, 1.82) is 0 Å². The summed E-state index contributed by atoms with van der Waals surface area (Å²) in [4.78, 5) is 14.2. The molecule has 0 atom stereocenters. The maximum absolute atomic E-state index is 10.6. The molecule has 0 unspecified atom stereocenters.